The normalized spacial score (nSPS) is 27.8. The Morgan fingerprint density at radius 2 is 1.90 bits per heavy atom. The van der Waals surface area contributed by atoms with Crippen LogP contribution in [0.5, 0.6) is 0 Å². The number of pyridine rings is 1. The lowest BCUT2D eigenvalue weighted by Gasteiger charge is -2.35. The van der Waals surface area contributed by atoms with Crippen LogP contribution in [0.3, 0.4) is 0 Å². The second kappa shape index (κ2) is 7.26. The molecule has 116 valence electrons. The van der Waals surface area contributed by atoms with Crippen LogP contribution in [0, 0.1) is 11.8 Å². The summed E-state index contributed by atoms with van der Waals surface area (Å²) in [5, 5.41) is 3.84. The van der Waals surface area contributed by atoms with Crippen LogP contribution in [0.1, 0.15) is 45.4 Å². The van der Waals surface area contributed by atoms with Gasteiger partial charge in [-0.05, 0) is 56.2 Å². The molecular formula is C18H29N3. The van der Waals surface area contributed by atoms with Crippen molar-refractivity contribution in [2.75, 3.05) is 24.5 Å². The van der Waals surface area contributed by atoms with Gasteiger partial charge in [0, 0.05) is 37.2 Å². The molecule has 2 unspecified atom stereocenters. The number of anilines is 1. The van der Waals surface area contributed by atoms with Gasteiger partial charge in [0.25, 0.3) is 0 Å². The predicted molar refractivity (Wildman–Crippen MR) is 88.6 cm³/mol. The van der Waals surface area contributed by atoms with Gasteiger partial charge in [0.05, 0.1) is 0 Å². The Balaban J connectivity index is 1.40. The number of piperidine rings is 1. The smallest absolute Gasteiger partial charge is 0.0397 e. The average molecular weight is 287 g/mol. The summed E-state index contributed by atoms with van der Waals surface area (Å²) in [6.45, 7) is 6.00. The first-order valence-electron chi connectivity index (χ1n) is 8.69. The molecule has 3 rings (SSSR count). The summed E-state index contributed by atoms with van der Waals surface area (Å²) in [5.41, 5.74) is 1.32. The fraction of sp³-hybridized carbons (Fsp3) is 0.722. The molecule has 2 atom stereocenters. The van der Waals surface area contributed by atoms with Crippen LogP contribution < -0.4 is 10.2 Å². The number of nitrogens with one attached hydrogen (secondary N) is 1. The van der Waals surface area contributed by atoms with Crippen molar-refractivity contribution in [2.24, 2.45) is 11.8 Å². The molecule has 3 heteroatoms. The summed E-state index contributed by atoms with van der Waals surface area (Å²) >= 11 is 0. The molecule has 1 aromatic heterocycles. The molecule has 0 aromatic carbocycles. The summed E-state index contributed by atoms with van der Waals surface area (Å²) in [6, 6.07) is 4.97. The molecule has 2 aliphatic rings. The molecule has 3 nitrogen and oxygen atoms in total. The monoisotopic (exact) mass is 287 g/mol. The van der Waals surface area contributed by atoms with Crippen molar-refractivity contribution in [3.8, 4) is 0 Å². The zero-order valence-corrected chi connectivity index (χ0v) is 13.3. The van der Waals surface area contributed by atoms with E-state index in [1.165, 1.54) is 63.8 Å². The van der Waals surface area contributed by atoms with Gasteiger partial charge in [0.15, 0.2) is 0 Å². The highest BCUT2D eigenvalue weighted by Gasteiger charge is 2.22. The Labute approximate surface area is 129 Å². The molecule has 0 spiro atoms. The zero-order valence-electron chi connectivity index (χ0n) is 13.3. The Hall–Kier alpha value is -1.09. The third-order valence-corrected chi connectivity index (χ3v) is 5.26. The summed E-state index contributed by atoms with van der Waals surface area (Å²) in [5.74, 6) is 1.87. The van der Waals surface area contributed by atoms with Gasteiger partial charge in [0.2, 0.25) is 0 Å². The summed E-state index contributed by atoms with van der Waals surface area (Å²) < 4.78 is 0. The Morgan fingerprint density at radius 1 is 1.14 bits per heavy atom. The van der Waals surface area contributed by atoms with Crippen molar-refractivity contribution in [3.63, 3.8) is 0 Å². The second-order valence-corrected chi connectivity index (χ2v) is 7.01. The third kappa shape index (κ3) is 4.19. The van der Waals surface area contributed by atoms with E-state index in [-0.39, 0.29) is 0 Å². The molecule has 1 N–H and O–H groups in total. The molecule has 0 bridgehead atoms. The molecule has 0 amide bonds. The molecule has 0 radical (unpaired) electrons. The van der Waals surface area contributed by atoms with Gasteiger partial charge in [-0.25, -0.2) is 0 Å². The van der Waals surface area contributed by atoms with E-state index in [9.17, 15) is 0 Å². The van der Waals surface area contributed by atoms with E-state index in [1.807, 2.05) is 12.4 Å². The molecule has 1 aliphatic heterocycles. The molecule has 1 saturated heterocycles. The molecule has 1 aromatic rings. The maximum atomic E-state index is 4.10. The van der Waals surface area contributed by atoms with Gasteiger partial charge in [-0.3, -0.25) is 4.98 Å². The maximum absolute atomic E-state index is 4.10. The first-order chi connectivity index (χ1) is 10.3. The van der Waals surface area contributed by atoms with Crippen LogP contribution in [-0.2, 0) is 0 Å². The van der Waals surface area contributed by atoms with E-state index >= 15 is 0 Å². The highest BCUT2D eigenvalue weighted by molar-refractivity contribution is 5.44. The Bertz CT molecular complexity index is 412. The molecule has 1 aliphatic carbocycles. The van der Waals surface area contributed by atoms with Gasteiger partial charge >= 0.3 is 0 Å². The van der Waals surface area contributed by atoms with Crippen LogP contribution >= 0.6 is 0 Å². The summed E-state index contributed by atoms with van der Waals surface area (Å²) in [6.07, 6.45) is 12.1. The van der Waals surface area contributed by atoms with Crippen LogP contribution in [0.15, 0.2) is 24.5 Å². The number of rotatable bonds is 4. The highest BCUT2D eigenvalue weighted by Crippen LogP contribution is 2.28. The average Bonchev–Trinajstić information content (AvgIpc) is 2.54. The summed E-state index contributed by atoms with van der Waals surface area (Å²) in [7, 11) is 0. The van der Waals surface area contributed by atoms with E-state index in [0.717, 1.165) is 17.9 Å². The first kappa shape index (κ1) is 14.8. The Morgan fingerprint density at radius 3 is 2.62 bits per heavy atom. The van der Waals surface area contributed by atoms with Gasteiger partial charge < -0.3 is 10.2 Å². The SMILES string of the molecule is CC1CCCC(CNC2CCN(c3ccncc3)CC2)C1. The van der Waals surface area contributed by atoms with E-state index in [0.29, 0.717) is 0 Å². The minimum Gasteiger partial charge on any atom is -0.371 e. The lowest BCUT2D eigenvalue weighted by molar-refractivity contribution is 0.260. The topological polar surface area (TPSA) is 28.2 Å². The van der Waals surface area contributed by atoms with Crippen molar-refractivity contribution in [1.82, 2.24) is 10.3 Å². The standard InChI is InChI=1S/C18H29N3/c1-15-3-2-4-16(13-15)14-20-17-7-11-21(12-8-17)18-5-9-19-10-6-18/h5-6,9-10,15-17,20H,2-4,7-8,11-14H2,1H3. The number of hydrogen-bond donors (Lipinski definition) is 1. The van der Waals surface area contributed by atoms with E-state index in [1.54, 1.807) is 0 Å². The van der Waals surface area contributed by atoms with Gasteiger partial charge in [-0.1, -0.05) is 19.8 Å². The molecule has 2 heterocycles. The van der Waals surface area contributed by atoms with Crippen molar-refractivity contribution in [3.05, 3.63) is 24.5 Å². The molecule has 21 heavy (non-hydrogen) atoms. The Kier molecular flexibility index (Phi) is 5.13. The lowest BCUT2D eigenvalue weighted by atomic mass is 9.82. The quantitative estimate of drug-likeness (QED) is 0.919. The van der Waals surface area contributed by atoms with Crippen molar-refractivity contribution in [2.45, 2.75) is 51.5 Å². The van der Waals surface area contributed by atoms with E-state index < -0.39 is 0 Å². The van der Waals surface area contributed by atoms with Gasteiger partial charge in [-0.15, -0.1) is 0 Å². The van der Waals surface area contributed by atoms with Crippen molar-refractivity contribution in [1.29, 1.82) is 0 Å². The van der Waals surface area contributed by atoms with Gasteiger partial charge in [-0.2, -0.15) is 0 Å². The molecule has 1 saturated carbocycles. The van der Waals surface area contributed by atoms with Gasteiger partial charge in [0.1, 0.15) is 0 Å². The molecule has 2 fully saturated rings. The minimum absolute atomic E-state index is 0.723. The van der Waals surface area contributed by atoms with Crippen LogP contribution in [-0.4, -0.2) is 30.7 Å². The van der Waals surface area contributed by atoms with Crippen molar-refractivity contribution < 1.29 is 0 Å². The number of aromatic nitrogens is 1. The molecular weight excluding hydrogens is 258 g/mol. The second-order valence-electron chi connectivity index (χ2n) is 7.01. The lowest BCUT2D eigenvalue weighted by Crippen LogP contribution is -2.44. The van der Waals surface area contributed by atoms with E-state index in [4.69, 9.17) is 0 Å². The fourth-order valence-corrected chi connectivity index (χ4v) is 3.98. The summed E-state index contributed by atoms with van der Waals surface area (Å²) in [4.78, 5) is 6.59. The van der Waals surface area contributed by atoms with Crippen molar-refractivity contribution >= 4 is 5.69 Å². The van der Waals surface area contributed by atoms with Crippen LogP contribution in [0.2, 0.25) is 0 Å². The number of hydrogen-bond acceptors (Lipinski definition) is 3. The van der Waals surface area contributed by atoms with Crippen LogP contribution in [0.25, 0.3) is 0 Å². The largest absolute Gasteiger partial charge is 0.371 e. The third-order valence-electron chi connectivity index (χ3n) is 5.26. The predicted octanol–water partition coefficient (Wildman–Crippen LogP) is 3.47. The number of nitrogens with zero attached hydrogens (tertiary/aromatic N) is 2. The van der Waals surface area contributed by atoms with E-state index in [2.05, 4.69) is 34.3 Å². The van der Waals surface area contributed by atoms with Crippen LogP contribution in [0.4, 0.5) is 5.69 Å². The first-order valence-corrected chi connectivity index (χ1v) is 8.69. The maximum Gasteiger partial charge on any atom is 0.0397 e. The zero-order chi connectivity index (χ0) is 14.5. The highest BCUT2D eigenvalue weighted by atomic mass is 15.1. The minimum atomic E-state index is 0.723. The fourth-order valence-electron chi connectivity index (χ4n) is 3.98.